The highest BCUT2D eigenvalue weighted by Crippen LogP contribution is 2.45. The van der Waals surface area contributed by atoms with Crippen molar-refractivity contribution in [1.82, 2.24) is 4.90 Å². The van der Waals surface area contributed by atoms with Crippen molar-refractivity contribution in [3.8, 4) is 17.6 Å². The third-order valence-corrected chi connectivity index (χ3v) is 5.05. The van der Waals surface area contributed by atoms with Crippen LogP contribution in [0, 0.1) is 11.3 Å². The maximum absolute atomic E-state index is 12.8. The Balaban J connectivity index is 2.14. The van der Waals surface area contributed by atoms with Gasteiger partial charge in [0.05, 0.1) is 24.7 Å². The van der Waals surface area contributed by atoms with Crippen molar-refractivity contribution < 1.29 is 14.3 Å². The van der Waals surface area contributed by atoms with E-state index >= 15 is 0 Å². The highest BCUT2D eigenvalue weighted by Gasteiger charge is 2.38. The number of nitrogens with zero attached hydrogens (tertiary/aromatic N) is 2. The molecule has 1 aromatic rings. The zero-order chi connectivity index (χ0) is 19.6. The third-order valence-electron chi connectivity index (χ3n) is 5.05. The van der Waals surface area contributed by atoms with Crippen molar-refractivity contribution in [2.75, 3.05) is 20.8 Å². The Morgan fingerprint density at radius 3 is 2.85 bits per heavy atom. The van der Waals surface area contributed by atoms with Crippen LogP contribution in [0.4, 0.5) is 0 Å². The minimum absolute atomic E-state index is 0.0688. The third kappa shape index (κ3) is 3.17. The Labute approximate surface area is 159 Å². The van der Waals surface area contributed by atoms with Crippen LogP contribution < -0.4 is 15.2 Å². The Bertz CT molecular complexity index is 892. The molecule has 0 aromatic heterocycles. The second-order valence-electron chi connectivity index (χ2n) is 6.55. The van der Waals surface area contributed by atoms with Gasteiger partial charge in [0.25, 0.3) is 0 Å². The topological polar surface area (TPSA) is 88.6 Å². The standard InChI is InChI=1S/C21H23N3O3/c1-4-10-27-17-9-8-13(11-18(17)26-3)19-14(12-22)21(23)24(2)15-6-5-7-16(25)20(15)19/h4,8-9,11,19H,1,5-7,10,23H2,2-3H3/t19-/m0/s1. The van der Waals surface area contributed by atoms with Crippen molar-refractivity contribution in [2.45, 2.75) is 25.2 Å². The number of ether oxygens (including phenoxy) is 2. The Morgan fingerprint density at radius 2 is 2.19 bits per heavy atom. The molecule has 0 unspecified atom stereocenters. The van der Waals surface area contributed by atoms with E-state index in [1.807, 2.05) is 19.2 Å². The van der Waals surface area contributed by atoms with E-state index in [2.05, 4.69) is 12.6 Å². The van der Waals surface area contributed by atoms with Gasteiger partial charge in [-0.15, -0.1) is 0 Å². The minimum atomic E-state index is -0.489. The predicted molar refractivity (Wildman–Crippen MR) is 102 cm³/mol. The molecule has 1 aliphatic heterocycles. The molecule has 6 heteroatoms. The summed E-state index contributed by atoms with van der Waals surface area (Å²) < 4.78 is 11.1. The van der Waals surface area contributed by atoms with Gasteiger partial charge in [-0.2, -0.15) is 5.26 Å². The fourth-order valence-electron chi connectivity index (χ4n) is 3.73. The van der Waals surface area contributed by atoms with Gasteiger partial charge in [0.2, 0.25) is 0 Å². The molecule has 0 spiro atoms. The monoisotopic (exact) mass is 365 g/mol. The van der Waals surface area contributed by atoms with Gasteiger partial charge in [-0.1, -0.05) is 18.7 Å². The van der Waals surface area contributed by atoms with Crippen LogP contribution in [0.3, 0.4) is 0 Å². The van der Waals surface area contributed by atoms with Crippen molar-refractivity contribution >= 4 is 5.78 Å². The summed E-state index contributed by atoms with van der Waals surface area (Å²) >= 11 is 0. The lowest BCUT2D eigenvalue weighted by atomic mass is 9.76. The molecule has 3 rings (SSSR count). The molecule has 1 aliphatic carbocycles. The van der Waals surface area contributed by atoms with Crippen LogP contribution in [0.15, 0.2) is 53.5 Å². The average molecular weight is 365 g/mol. The SMILES string of the molecule is C=CCOc1ccc([C@H]2C(C#N)=C(N)N(C)C3=C2C(=O)CCC3)cc1OC. The first kappa shape index (κ1) is 18.6. The van der Waals surface area contributed by atoms with E-state index in [1.54, 1.807) is 24.2 Å². The second kappa shape index (κ2) is 7.58. The summed E-state index contributed by atoms with van der Waals surface area (Å²) in [4.78, 5) is 14.5. The molecule has 2 aliphatic rings. The number of nitrogens with two attached hydrogens (primary N) is 1. The second-order valence-corrected chi connectivity index (χ2v) is 6.55. The number of rotatable bonds is 5. The maximum Gasteiger partial charge on any atom is 0.161 e. The van der Waals surface area contributed by atoms with Crippen LogP contribution in [-0.4, -0.2) is 31.4 Å². The Hall–Kier alpha value is -3.20. The van der Waals surface area contributed by atoms with Gasteiger partial charge in [-0.25, -0.2) is 0 Å². The number of hydrogen-bond acceptors (Lipinski definition) is 6. The molecule has 0 fully saturated rings. The molecular formula is C21H23N3O3. The Kier molecular flexibility index (Phi) is 5.22. The molecule has 2 N–H and O–H groups in total. The summed E-state index contributed by atoms with van der Waals surface area (Å²) in [6, 6.07) is 7.67. The van der Waals surface area contributed by atoms with E-state index in [1.165, 1.54) is 0 Å². The van der Waals surface area contributed by atoms with E-state index in [-0.39, 0.29) is 5.78 Å². The smallest absolute Gasteiger partial charge is 0.161 e. The highest BCUT2D eigenvalue weighted by molar-refractivity contribution is 5.99. The van der Waals surface area contributed by atoms with E-state index in [4.69, 9.17) is 15.2 Å². The molecule has 27 heavy (non-hydrogen) atoms. The van der Waals surface area contributed by atoms with E-state index < -0.39 is 5.92 Å². The molecule has 0 bridgehead atoms. The highest BCUT2D eigenvalue weighted by atomic mass is 16.5. The van der Waals surface area contributed by atoms with Gasteiger partial charge >= 0.3 is 0 Å². The largest absolute Gasteiger partial charge is 0.493 e. The lowest BCUT2D eigenvalue weighted by Crippen LogP contribution is -2.36. The molecular weight excluding hydrogens is 342 g/mol. The summed E-state index contributed by atoms with van der Waals surface area (Å²) in [7, 11) is 3.37. The van der Waals surface area contributed by atoms with Gasteiger partial charge < -0.3 is 20.1 Å². The first-order chi connectivity index (χ1) is 13.0. The van der Waals surface area contributed by atoms with Gasteiger partial charge in [-0.05, 0) is 30.5 Å². The van der Waals surface area contributed by atoms with Gasteiger partial charge in [0.1, 0.15) is 12.4 Å². The fourth-order valence-corrected chi connectivity index (χ4v) is 3.73. The first-order valence-corrected chi connectivity index (χ1v) is 8.84. The maximum atomic E-state index is 12.8. The first-order valence-electron chi connectivity index (χ1n) is 8.84. The molecule has 0 amide bonds. The number of methoxy groups -OCH3 is 1. The van der Waals surface area contributed by atoms with Crippen molar-refractivity contribution in [3.05, 3.63) is 59.1 Å². The van der Waals surface area contributed by atoms with E-state index in [9.17, 15) is 10.1 Å². The van der Waals surface area contributed by atoms with Crippen molar-refractivity contribution in [1.29, 1.82) is 5.26 Å². The van der Waals surface area contributed by atoms with Crippen molar-refractivity contribution in [3.63, 3.8) is 0 Å². The number of allylic oxidation sites excluding steroid dienone is 3. The quantitative estimate of drug-likeness (QED) is 0.807. The molecule has 0 saturated heterocycles. The number of Topliss-reactive ketones (excluding diaryl/α,β-unsaturated/α-hetero) is 1. The van der Waals surface area contributed by atoms with E-state index in [0.29, 0.717) is 41.5 Å². The predicted octanol–water partition coefficient (Wildman–Crippen LogP) is 2.99. The molecule has 0 radical (unpaired) electrons. The van der Waals surface area contributed by atoms with Gasteiger partial charge in [0, 0.05) is 24.7 Å². The van der Waals surface area contributed by atoms with Gasteiger partial charge in [-0.3, -0.25) is 4.79 Å². The molecule has 0 saturated carbocycles. The summed E-state index contributed by atoms with van der Waals surface area (Å²) in [6.07, 6.45) is 3.70. The van der Waals surface area contributed by atoms with Crippen LogP contribution in [0.2, 0.25) is 0 Å². The average Bonchev–Trinajstić information content (AvgIpc) is 2.69. The molecule has 6 nitrogen and oxygen atoms in total. The lowest BCUT2D eigenvalue weighted by molar-refractivity contribution is -0.116. The van der Waals surface area contributed by atoms with Crippen LogP contribution in [0.1, 0.15) is 30.7 Å². The van der Waals surface area contributed by atoms with Crippen molar-refractivity contribution in [2.24, 2.45) is 5.73 Å². The molecule has 140 valence electrons. The number of hydrogen-bond donors (Lipinski definition) is 1. The summed E-state index contributed by atoms with van der Waals surface area (Å²) in [5.41, 5.74) is 8.98. The number of nitriles is 1. The molecule has 1 aromatic carbocycles. The van der Waals surface area contributed by atoms with Crippen LogP contribution in [-0.2, 0) is 4.79 Å². The molecule has 1 atom stereocenters. The Morgan fingerprint density at radius 1 is 1.41 bits per heavy atom. The lowest BCUT2D eigenvalue weighted by Gasteiger charge is -2.37. The van der Waals surface area contributed by atoms with E-state index in [0.717, 1.165) is 24.1 Å². The number of carbonyl (C=O) groups excluding carboxylic acids is 1. The summed E-state index contributed by atoms with van der Waals surface area (Å²) in [5.74, 6) is 1.08. The minimum Gasteiger partial charge on any atom is -0.493 e. The van der Waals surface area contributed by atoms with Crippen LogP contribution in [0.25, 0.3) is 0 Å². The zero-order valence-electron chi connectivity index (χ0n) is 15.6. The normalized spacial score (nSPS) is 19.5. The fraction of sp³-hybridized carbons (Fsp3) is 0.333. The number of benzene rings is 1. The number of ketones is 1. The zero-order valence-corrected chi connectivity index (χ0v) is 15.6. The number of carbonyl (C=O) groups is 1. The molecule has 1 heterocycles. The van der Waals surface area contributed by atoms with Crippen LogP contribution >= 0.6 is 0 Å². The summed E-state index contributed by atoms with van der Waals surface area (Å²) in [5, 5.41) is 9.77. The summed E-state index contributed by atoms with van der Waals surface area (Å²) in [6.45, 7) is 4.00. The van der Waals surface area contributed by atoms with Gasteiger partial charge in [0.15, 0.2) is 17.3 Å². The van der Waals surface area contributed by atoms with Crippen LogP contribution in [0.5, 0.6) is 11.5 Å².